The molecule has 0 saturated carbocycles. The zero-order valence-electron chi connectivity index (χ0n) is 18.4. The number of hydrogen-bond acceptors (Lipinski definition) is 5. The molecule has 0 aromatic heterocycles. The van der Waals surface area contributed by atoms with E-state index in [1.165, 1.54) is 11.0 Å². The van der Waals surface area contributed by atoms with Gasteiger partial charge in [-0.15, -0.1) is 0 Å². The molecule has 0 aliphatic carbocycles. The third-order valence-electron chi connectivity index (χ3n) is 6.71. The van der Waals surface area contributed by atoms with Gasteiger partial charge >= 0.3 is 0 Å². The molecule has 0 radical (unpaired) electrons. The van der Waals surface area contributed by atoms with Crippen molar-refractivity contribution in [3.8, 4) is 11.5 Å². The van der Waals surface area contributed by atoms with Crippen LogP contribution in [0, 0.1) is 17.7 Å². The van der Waals surface area contributed by atoms with Crippen LogP contribution in [0.4, 0.5) is 10.1 Å². The van der Waals surface area contributed by atoms with Crippen LogP contribution in [0.3, 0.4) is 0 Å². The van der Waals surface area contributed by atoms with Crippen molar-refractivity contribution >= 4 is 17.5 Å². The molecule has 33 heavy (non-hydrogen) atoms. The number of amides is 2. The molecule has 1 N–H and O–H groups in total. The molecule has 7 nitrogen and oxygen atoms in total. The molecular formula is C25H25FN2O5. The van der Waals surface area contributed by atoms with Crippen LogP contribution in [-0.2, 0) is 20.7 Å². The summed E-state index contributed by atoms with van der Waals surface area (Å²) in [5.74, 6) is -1.05. The maximum atomic E-state index is 14.4. The molecule has 3 unspecified atom stereocenters. The van der Waals surface area contributed by atoms with Gasteiger partial charge in [0.15, 0.2) is 11.5 Å². The molecule has 1 spiro atoms. The quantitative estimate of drug-likeness (QED) is 0.654. The fourth-order valence-corrected chi connectivity index (χ4v) is 5.16. The van der Waals surface area contributed by atoms with Gasteiger partial charge in [0.2, 0.25) is 11.8 Å². The fraction of sp³-hybridized carbons (Fsp3) is 0.360. The molecule has 8 heteroatoms. The number of halogens is 1. The van der Waals surface area contributed by atoms with E-state index < -0.39 is 29.4 Å². The van der Waals surface area contributed by atoms with Crippen molar-refractivity contribution in [1.82, 2.24) is 5.32 Å². The first-order valence-electron chi connectivity index (χ1n) is 10.9. The molecule has 2 fully saturated rings. The average molecular weight is 452 g/mol. The largest absolute Gasteiger partial charge is 0.493 e. The molecule has 2 aromatic rings. The van der Waals surface area contributed by atoms with E-state index in [4.69, 9.17) is 14.2 Å². The number of fused-ring (bicyclic) bond motifs is 1. The Hall–Kier alpha value is -3.39. The zero-order valence-corrected chi connectivity index (χ0v) is 18.4. The molecule has 3 aliphatic rings. The van der Waals surface area contributed by atoms with E-state index in [-0.39, 0.29) is 24.0 Å². The number of carbonyl (C=O) groups excluding carboxylic acids is 2. The lowest BCUT2D eigenvalue weighted by Gasteiger charge is -2.23. The number of hydrogen-bond donors (Lipinski definition) is 1. The molecule has 5 rings (SSSR count). The summed E-state index contributed by atoms with van der Waals surface area (Å²) in [6.45, 7) is 0.589. The highest BCUT2D eigenvalue weighted by molar-refractivity contribution is 6.03. The number of rotatable bonds is 7. The highest BCUT2D eigenvalue weighted by atomic mass is 19.1. The van der Waals surface area contributed by atoms with Crippen LogP contribution in [0.25, 0.3) is 0 Å². The Morgan fingerprint density at radius 1 is 1.21 bits per heavy atom. The smallest absolute Gasteiger partial charge is 0.234 e. The summed E-state index contributed by atoms with van der Waals surface area (Å²) in [7, 11) is 3.15. The van der Waals surface area contributed by atoms with Crippen LogP contribution in [0.2, 0.25) is 0 Å². The van der Waals surface area contributed by atoms with Gasteiger partial charge in [-0.1, -0.05) is 30.4 Å². The maximum absolute atomic E-state index is 14.4. The second-order valence-electron chi connectivity index (χ2n) is 8.51. The molecule has 3 heterocycles. The molecule has 2 saturated heterocycles. The molecule has 2 aromatic carbocycles. The lowest BCUT2D eigenvalue weighted by molar-refractivity contribution is -0.131. The van der Waals surface area contributed by atoms with E-state index in [0.717, 1.165) is 5.56 Å². The first-order valence-corrected chi connectivity index (χ1v) is 10.9. The van der Waals surface area contributed by atoms with Crippen molar-refractivity contribution in [2.24, 2.45) is 11.8 Å². The van der Waals surface area contributed by atoms with Gasteiger partial charge in [0, 0.05) is 6.54 Å². The number of nitrogens with one attached hydrogen (secondary N) is 1. The number of nitrogens with zero attached hydrogens (tertiary/aromatic N) is 1. The van der Waals surface area contributed by atoms with Crippen molar-refractivity contribution in [2.75, 3.05) is 32.2 Å². The lowest BCUT2D eigenvalue weighted by Crippen LogP contribution is -2.44. The van der Waals surface area contributed by atoms with Crippen molar-refractivity contribution in [1.29, 1.82) is 0 Å². The topological polar surface area (TPSA) is 77.1 Å². The second-order valence-corrected chi connectivity index (χ2v) is 8.51. The van der Waals surface area contributed by atoms with Gasteiger partial charge in [0.25, 0.3) is 0 Å². The van der Waals surface area contributed by atoms with Crippen molar-refractivity contribution in [2.45, 2.75) is 18.1 Å². The minimum Gasteiger partial charge on any atom is -0.493 e. The summed E-state index contributed by atoms with van der Waals surface area (Å²) >= 11 is 0. The predicted octanol–water partition coefficient (Wildman–Crippen LogP) is 2.49. The molecule has 2 amide bonds. The van der Waals surface area contributed by atoms with Gasteiger partial charge in [0.1, 0.15) is 11.4 Å². The van der Waals surface area contributed by atoms with Gasteiger partial charge in [-0.05, 0) is 36.2 Å². The molecule has 172 valence electrons. The van der Waals surface area contributed by atoms with E-state index >= 15 is 0 Å². The van der Waals surface area contributed by atoms with E-state index in [0.29, 0.717) is 24.5 Å². The fourth-order valence-electron chi connectivity index (χ4n) is 5.16. The number of carbonyl (C=O) groups is 2. The summed E-state index contributed by atoms with van der Waals surface area (Å²) in [5, 5.41) is 2.95. The lowest BCUT2D eigenvalue weighted by atomic mass is 9.77. The highest BCUT2D eigenvalue weighted by Crippen LogP contribution is 2.52. The summed E-state index contributed by atoms with van der Waals surface area (Å²) < 4.78 is 31.1. The Morgan fingerprint density at radius 2 is 2.00 bits per heavy atom. The highest BCUT2D eigenvalue weighted by Gasteiger charge is 2.67. The van der Waals surface area contributed by atoms with Crippen LogP contribution in [-0.4, -0.2) is 50.8 Å². The number of ether oxygens (including phenoxy) is 3. The van der Waals surface area contributed by atoms with Gasteiger partial charge in [-0.3, -0.25) is 9.59 Å². The van der Waals surface area contributed by atoms with Crippen molar-refractivity contribution in [3.63, 3.8) is 0 Å². The van der Waals surface area contributed by atoms with Gasteiger partial charge < -0.3 is 24.4 Å². The Morgan fingerprint density at radius 3 is 2.76 bits per heavy atom. The van der Waals surface area contributed by atoms with Crippen molar-refractivity contribution in [3.05, 3.63) is 66.0 Å². The zero-order chi connectivity index (χ0) is 23.2. The first kappa shape index (κ1) is 21.5. The molecular weight excluding hydrogens is 427 g/mol. The third-order valence-corrected chi connectivity index (χ3v) is 6.71. The number of benzene rings is 2. The van der Waals surface area contributed by atoms with E-state index in [2.05, 4.69) is 5.32 Å². The van der Waals surface area contributed by atoms with Gasteiger partial charge in [0.05, 0.1) is 44.4 Å². The van der Waals surface area contributed by atoms with E-state index in [9.17, 15) is 14.0 Å². The van der Waals surface area contributed by atoms with E-state index in [1.54, 1.807) is 32.4 Å². The SMILES string of the molecule is COc1ccc(CCNC(=O)C2C3C=C[C@]4(CN(c5ccccc5F)C(=O)C24)O3)cc1OC. The van der Waals surface area contributed by atoms with Crippen LogP contribution in [0.1, 0.15) is 5.56 Å². The Labute approximate surface area is 191 Å². The molecule has 4 atom stereocenters. The predicted molar refractivity (Wildman–Crippen MR) is 119 cm³/mol. The minimum absolute atomic E-state index is 0.194. The van der Waals surface area contributed by atoms with Gasteiger partial charge in [-0.2, -0.15) is 0 Å². The summed E-state index contributed by atoms with van der Waals surface area (Å²) in [6, 6.07) is 11.8. The molecule has 2 bridgehead atoms. The first-order chi connectivity index (χ1) is 16.0. The second kappa shape index (κ2) is 8.19. The van der Waals surface area contributed by atoms with Crippen molar-refractivity contribution < 1.29 is 28.2 Å². The van der Waals surface area contributed by atoms with Crippen LogP contribution < -0.4 is 19.7 Å². The Balaban J connectivity index is 1.28. The monoisotopic (exact) mass is 452 g/mol. The number of methoxy groups -OCH3 is 2. The molecule has 3 aliphatic heterocycles. The Kier molecular flexibility index (Phi) is 5.32. The normalized spacial score (nSPS) is 27.1. The Bertz CT molecular complexity index is 1140. The number of para-hydroxylation sites is 1. The summed E-state index contributed by atoms with van der Waals surface area (Å²) in [4.78, 5) is 27.8. The van der Waals surface area contributed by atoms with E-state index in [1.807, 2.05) is 30.4 Å². The summed E-state index contributed by atoms with van der Waals surface area (Å²) in [6.07, 6.45) is 3.83. The van der Waals surface area contributed by atoms with Gasteiger partial charge in [-0.25, -0.2) is 4.39 Å². The maximum Gasteiger partial charge on any atom is 0.234 e. The van der Waals surface area contributed by atoms with Crippen LogP contribution >= 0.6 is 0 Å². The summed E-state index contributed by atoms with van der Waals surface area (Å²) in [5.41, 5.74) is 0.297. The number of anilines is 1. The third kappa shape index (κ3) is 3.45. The average Bonchev–Trinajstić information content (AvgIpc) is 3.47. The standard InChI is InChI=1S/C25H25FN2O5/c1-31-18-8-7-15(13-20(18)32-2)10-12-27-23(29)21-19-9-11-25(33-19)14-28(24(30)22(21)25)17-6-4-3-5-16(17)26/h3-9,11,13,19,21-22H,10,12,14H2,1-2H3,(H,27,29)/t19?,21?,22?,25-/m1/s1. The van der Waals surface area contributed by atoms with Crippen LogP contribution in [0.5, 0.6) is 11.5 Å². The van der Waals surface area contributed by atoms with Crippen LogP contribution in [0.15, 0.2) is 54.6 Å². The minimum atomic E-state index is -0.893.